The number of hydrogen-bond donors (Lipinski definition) is 3. The molecule has 2 heterocycles. The molecule has 0 aromatic heterocycles. The predicted octanol–water partition coefficient (Wildman–Crippen LogP) is 0.894. The Hall–Kier alpha value is -3.08. The summed E-state index contributed by atoms with van der Waals surface area (Å²) in [6, 6.07) is 7.04. The van der Waals surface area contributed by atoms with Crippen LogP contribution in [0.5, 0.6) is 0 Å². The van der Waals surface area contributed by atoms with Crippen LogP contribution in [-0.2, 0) is 35.1 Å². The zero-order valence-corrected chi connectivity index (χ0v) is 22.7. The van der Waals surface area contributed by atoms with Gasteiger partial charge in [0.2, 0.25) is 17.7 Å². The number of rotatable bonds is 13. The summed E-state index contributed by atoms with van der Waals surface area (Å²) < 4.78 is 10.5. The van der Waals surface area contributed by atoms with E-state index in [0.717, 1.165) is 36.8 Å². The molecule has 10 nitrogen and oxygen atoms in total. The van der Waals surface area contributed by atoms with Crippen LogP contribution in [0.4, 0.5) is 0 Å². The highest BCUT2D eigenvalue weighted by molar-refractivity contribution is 5.96. The number of hydrogen-bond acceptors (Lipinski definition) is 7. The molecule has 2 saturated heterocycles. The summed E-state index contributed by atoms with van der Waals surface area (Å²) in [5, 5.41) is 8.48. The molecule has 1 aliphatic carbocycles. The number of ketones is 1. The number of amides is 3. The molecule has 0 radical (unpaired) electrons. The van der Waals surface area contributed by atoms with Crippen molar-refractivity contribution < 1.29 is 28.7 Å². The van der Waals surface area contributed by atoms with Gasteiger partial charge < -0.3 is 25.4 Å². The molecule has 3 amide bonds. The summed E-state index contributed by atoms with van der Waals surface area (Å²) in [6.07, 6.45) is 6.28. The third kappa shape index (κ3) is 9.26. The quantitative estimate of drug-likeness (QED) is 0.250. The van der Waals surface area contributed by atoms with E-state index in [-0.39, 0.29) is 18.2 Å². The summed E-state index contributed by atoms with van der Waals surface area (Å²) in [5.74, 6) is -1.29. The van der Waals surface area contributed by atoms with Crippen molar-refractivity contribution in [3.63, 3.8) is 0 Å². The van der Waals surface area contributed by atoms with Crippen molar-refractivity contribution in [2.45, 2.75) is 69.7 Å². The number of nitrogens with zero attached hydrogens (tertiary/aromatic N) is 1. The Kier molecular flexibility index (Phi) is 10.6. The first-order valence-electron chi connectivity index (χ1n) is 14.0. The van der Waals surface area contributed by atoms with Gasteiger partial charge in [-0.15, -0.1) is 0 Å². The SMILES string of the molecule is C[C@H](NC(=O)CN1CCOCC1)C(=O)N[C@@H](CC1=CCCCC1)C(=O)N[C@@H](Cc1ccccc1)C(=O)[C@H]1CO1. The van der Waals surface area contributed by atoms with E-state index in [4.69, 9.17) is 9.47 Å². The van der Waals surface area contributed by atoms with E-state index < -0.39 is 36.0 Å². The number of carbonyl (C=O) groups is 4. The van der Waals surface area contributed by atoms with E-state index in [1.807, 2.05) is 35.2 Å². The van der Waals surface area contributed by atoms with Gasteiger partial charge >= 0.3 is 0 Å². The lowest BCUT2D eigenvalue weighted by Crippen LogP contribution is -2.56. The molecule has 3 aliphatic rings. The van der Waals surface area contributed by atoms with Crippen LogP contribution in [0.2, 0.25) is 0 Å². The fourth-order valence-electron chi connectivity index (χ4n) is 4.95. The van der Waals surface area contributed by atoms with Gasteiger partial charge in [0.25, 0.3) is 0 Å². The molecule has 4 rings (SSSR count). The second kappa shape index (κ2) is 14.3. The Morgan fingerprint density at radius 1 is 0.949 bits per heavy atom. The number of epoxide rings is 1. The minimum atomic E-state index is -0.869. The van der Waals surface area contributed by atoms with Gasteiger partial charge in [-0.25, -0.2) is 0 Å². The average molecular weight is 541 g/mol. The number of allylic oxidation sites excluding steroid dienone is 1. The highest BCUT2D eigenvalue weighted by Gasteiger charge is 2.38. The number of Topliss-reactive ketones (excluding diaryl/α,β-unsaturated/α-hetero) is 1. The van der Waals surface area contributed by atoms with Crippen LogP contribution in [0, 0.1) is 0 Å². The van der Waals surface area contributed by atoms with E-state index in [1.54, 1.807) is 6.92 Å². The van der Waals surface area contributed by atoms with Gasteiger partial charge in [-0.3, -0.25) is 24.1 Å². The second-order valence-corrected chi connectivity index (χ2v) is 10.5. The summed E-state index contributed by atoms with van der Waals surface area (Å²) in [5.41, 5.74) is 2.03. The Labute approximate surface area is 229 Å². The molecule has 1 aromatic rings. The molecule has 2 aliphatic heterocycles. The topological polar surface area (TPSA) is 129 Å². The first-order valence-corrected chi connectivity index (χ1v) is 14.0. The van der Waals surface area contributed by atoms with Crippen LogP contribution in [0.1, 0.15) is 44.6 Å². The zero-order chi connectivity index (χ0) is 27.6. The van der Waals surface area contributed by atoms with Gasteiger partial charge in [-0.2, -0.15) is 0 Å². The monoisotopic (exact) mass is 540 g/mol. The van der Waals surface area contributed by atoms with Gasteiger partial charge in [0.1, 0.15) is 18.2 Å². The minimum absolute atomic E-state index is 0.169. The minimum Gasteiger partial charge on any atom is -0.379 e. The summed E-state index contributed by atoms with van der Waals surface area (Å²) in [4.78, 5) is 54.1. The lowest BCUT2D eigenvalue weighted by molar-refractivity contribution is -0.133. The van der Waals surface area contributed by atoms with Crippen LogP contribution < -0.4 is 16.0 Å². The Balaban J connectivity index is 1.40. The zero-order valence-electron chi connectivity index (χ0n) is 22.7. The average Bonchev–Trinajstić information content (AvgIpc) is 3.79. The first kappa shape index (κ1) is 28.9. The van der Waals surface area contributed by atoms with Gasteiger partial charge in [0.15, 0.2) is 5.78 Å². The number of morpholine rings is 1. The van der Waals surface area contributed by atoms with Crippen molar-refractivity contribution in [1.29, 1.82) is 0 Å². The lowest BCUT2D eigenvalue weighted by atomic mass is 9.93. The largest absolute Gasteiger partial charge is 0.379 e. The molecule has 0 bridgehead atoms. The van der Waals surface area contributed by atoms with E-state index in [1.165, 1.54) is 0 Å². The number of benzene rings is 1. The highest BCUT2D eigenvalue weighted by Crippen LogP contribution is 2.22. The normalized spacial score (nSPS) is 21.6. The van der Waals surface area contributed by atoms with Gasteiger partial charge in [-0.05, 0) is 51.0 Å². The van der Waals surface area contributed by atoms with E-state index in [2.05, 4.69) is 22.0 Å². The fraction of sp³-hybridized carbons (Fsp3) is 0.586. The second-order valence-electron chi connectivity index (χ2n) is 10.5. The molecule has 1 aromatic carbocycles. The molecule has 2 fully saturated rings. The molecular formula is C29H40N4O6. The maximum absolute atomic E-state index is 13.6. The van der Waals surface area contributed by atoms with Crippen molar-refractivity contribution >= 4 is 23.5 Å². The molecular weight excluding hydrogens is 500 g/mol. The van der Waals surface area contributed by atoms with E-state index in [9.17, 15) is 19.2 Å². The molecule has 10 heteroatoms. The Morgan fingerprint density at radius 3 is 2.33 bits per heavy atom. The number of nitrogens with one attached hydrogen (secondary N) is 3. The molecule has 3 N–H and O–H groups in total. The van der Waals surface area contributed by atoms with Crippen molar-refractivity contribution in [1.82, 2.24) is 20.9 Å². The molecule has 0 unspecified atom stereocenters. The molecule has 39 heavy (non-hydrogen) atoms. The van der Waals surface area contributed by atoms with Crippen LogP contribution in [-0.4, -0.2) is 92.1 Å². The van der Waals surface area contributed by atoms with E-state index in [0.29, 0.717) is 45.8 Å². The maximum Gasteiger partial charge on any atom is 0.243 e. The third-order valence-electron chi connectivity index (χ3n) is 7.32. The standard InChI is InChI=1S/C29H40N4O6/c1-20(30-26(34)18-33-12-14-38-15-13-33)28(36)32-24(17-22-10-6-3-7-11-22)29(37)31-23(27(35)25-19-39-25)16-21-8-4-2-5-9-21/h2,4-5,8-10,20,23-25H,3,6-7,11-19H2,1H3,(H,30,34)(H,31,37)(H,32,36)/t20-,23-,24-,25+/m0/s1. The third-order valence-corrected chi connectivity index (χ3v) is 7.32. The number of carbonyl (C=O) groups excluding carboxylic acids is 4. The summed E-state index contributed by atoms with van der Waals surface area (Å²) in [7, 11) is 0. The molecule has 0 spiro atoms. The molecule has 4 atom stereocenters. The predicted molar refractivity (Wildman–Crippen MR) is 145 cm³/mol. The van der Waals surface area contributed by atoms with Gasteiger partial charge in [0.05, 0.1) is 32.4 Å². The smallest absolute Gasteiger partial charge is 0.243 e. The highest BCUT2D eigenvalue weighted by atomic mass is 16.6. The summed E-state index contributed by atoms with van der Waals surface area (Å²) >= 11 is 0. The lowest BCUT2D eigenvalue weighted by Gasteiger charge is -2.27. The Bertz CT molecular complexity index is 1040. The van der Waals surface area contributed by atoms with Crippen molar-refractivity contribution in [2.24, 2.45) is 0 Å². The van der Waals surface area contributed by atoms with Crippen LogP contribution in [0.25, 0.3) is 0 Å². The Morgan fingerprint density at radius 2 is 1.67 bits per heavy atom. The molecule has 212 valence electrons. The summed E-state index contributed by atoms with van der Waals surface area (Å²) in [6.45, 7) is 4.64. The fourth-order valence-corrected chi connectivity index (χ4v) is 4.95. The van der Waals surface area contributed by atoms with Crippen molar-refractivity contribution in [2.75, 3.05) is 39.5 Å². The van der Waals surface area contributed by atoms with Crippen LogP contribution >= 0.6 is 0 Å². The maximum atomic E-state index is 13.6. The first-order chi connectivity index (χ1) is 18.9. The van der Waals surface area contributed by atoms with E-state index >= 15 is 0 Å². The van der Waals surface area contributed by atoms with Crippen LogP contribution in [0.15, 0.2) is 42.0 Å². The molecule has 0 saturated carbocycles. The number of ether oxygens (including phenoxy) is 2. The van der Waals surface area contributed by atoms with Crippen molar-refractivity contribution in [3.8, 4) is 0 Å². The van der Waals surface area contributed by atoms with Crippen molar-refractivity contribution in [3.05, 3.63) is 47.5 Å². The van der Waals surface area contributed by atoms with Gasteiger partial charge in [0, 0.05) is 13.1 Å². The van der Waals surface area contributed by atoms with Gasteiger partial charge in [-0.1, -0.05) is 42.0 Å². The van der Waals surface area contributed by atoms with Crippen LogP contribution in [0.3, 0.4) is 0 Å².